The molecule has 0 heterocycles. The van der Waals surface area contributed by atoms with E-state index in [0.717, 1.165) is 0 Å². The van der Waals surface area contributed by atoms with Crippen LogP contribution in [0.4, 0.5) is 13.2 Å². The topological polar surface area (TPSA) is 43.1 Å². The van der Waals surface area contributed by atoms with Crippen molar-refractivity contribution in [3.63, 3.8) is 0 Å². The summed E-state index contributed by atoms with van der Waals surface area (Å²) in [6.45, 7) is 1.09. The fourth-order valence-electron chi connectivity index (χ4n) is 0.638. The maximum atomic E-state index is 12.0. The molecule has 0 aromatic carbocycles. The second-order valence-corrected chi connectivity index (χ2v) is 4.16. The van der Waals surface area contributed by atoms with Gasteiger partial charge in [0.25, 0.3) is 0 Å². The number of hydrogen-bond acceptors (Lipinski definition) is 2. The smallest absolute Gasteiger partial charge is 0.330 e. The molecule has 0 saturated heterocycles. The van der Waals surface area contributed by atoms with E-state index < -0.39 is 29.4 Å². The van der Waals surface area contributed by atoms with Gasteiger partial charge in [-0.25, -0.2) is 0 Å². The molecule has 0 amide bonds. The van der Waals surface area contributed by atoms with Crippen LogP contribution in [0.3, 0.4) is 0 Å². The SMILES string of the molecule is CCS(=O)CC(CN)C(F)(F)F. The summed E-state index contributed by atoms with van der Waals surface area (Å²) < 4.78 is 46.8. The van der Waals surface area contributed by atoms with Gasteiger partial charge in [0, 0.05) is 28.9 Å². The van der Waals surface area contributed by atoms with Crippen LogP contribution in [0, 0.1) is 5.92 Å². The molecule has 0 aromatic heterocycles. The van der Waals surface area contributed by atoms with Crippen molar-refractivity contribution in [3.8, 4) is 0 Å². The second kappa shape index (κ2) is 4.81. The van der Waals surface area contributed by atoms with Crippen LogP contribution in [-0.4, -0.2) is 28.4 Å². The van der Waals surface area contributed by atoms with E-state index in [9.17, 15) is 17.4 Å². The van der Waals surface area contributed by atoms with E-state index in [1.54, 1.807) is 6.92 Å². The fourth-order valence-corrected chi connectivity index (χ4v) is 1.65. The van der Waals surface area contributed by atoms with Gasteiger partial charge in [-0.1, -0.05) is 6.92 Å². The highest BCUT2D eigenvalue weighted by Crippen LogP contribution is 2.25. The summed E-state index contributed by atoms with van der Waals surface area (Å²) in [5.74, 6) is -1.76. The van der Waals surface area contributed by atoms with Crippen molar-refractivity contribution in [2.75, 3.05) is 18.1 Å². The van der Waals surface area contributed by atoms with E-state index in [2.05, 4.69) is 0 Å². The fraction of sp³-hybridized carbons (Fsp3) is 1.00. The van der Waals surface area contributed by atoms with Crippen LogP contribution in [-0.2, 0) is 10.8 Å². The van der Waals surface area contributed by atoms with Crippen LogP contribution >= 0.6 is 0 Å². The van der Waals surface area contributed by atoms with Gasteiger partial charge in [-0.05, 0) is 0 Å². The summed E-state index contributed by atoms with van der Waals surface area (Å²) >= 11 is 0. The van der Waals surface area contributed by atoms with Gasteiger partial charge in [-0.3, -0.25) is 4.21 Å². The van der Waals surface area contributed by atoms with Gasteiger partial charge in [0.05, 0.1) is 5.92 Å². The molecule has 0 aliphatic rings. The standard InChI is InChI=1S/C6H12F3NOS/c1-2-12(11)4-5(3-10)6(7,8)9/h5H,2-4,10H2,1H3. The average Bonchev–Trinajstić information content (AvgIpc) is 1.97. The Morgan fingerprint density at radius 2 is 2.00 bits per heavy atom. The molecular weight excluding hydrogens is 191 g/mol. The second-order valence-electron chi connectivity index (χ2n) is 2.37. The molecule has 0 radical (unpaired) electrons. The van der Waals surface area contributed by atoms with Crippen LogP contribution < -0.4 is 5.73 Å². The van der Waals surface area contributed by atoms with Crippen LogP contribution in [0.5, 0.6) is 0 Å². The van der Waals surface area contributed by atoms with Crippen molar-refractivity contribution in [2.24, 2.45) is 11.7 Å². The lowest BCUT2D eigenvalue weighted by molar-refractivity contribution is -0.165. The van der Waals surface area contributed by atoms with Gasteiger partial charge in [0.15, 0.2) is 0 Å². The third kappa shape index (κ3) is 4.06. The van der Waals surface area contributed by atoms with Crippen molar-refractivity contribution in [3.05, 3.63) is 0 Å². The lowest BCUT2D eigenvalue weighted by Crippen LogP contribution is -2.34. The van der Waals surface area contributed by atoms with Gasteiger partial charge in [-0.2, -0.15) is 13.2 Å². The predicted octanol–water partition coefficient (Wildman–Crippen LogP) is 0.892. The number of hydrogen-bond donors (Lipinski definition) is 1. The van der Waals surface area contributed by atoms with Crippen LogP contribution in [0.1, 0.15) is 6.92 Å². The summed E-state index contributed by atoms with van der Waals surface area (Å²) in [5, 5.41) is 0. The van der Waals surface area contributed by atoms with Gasteiger partial charge in [0.1, 0.15) is 0 Å². The highest BCUT2D eigenvalue weighted by atomic mass is 32.2. The highest BCUT2D eigenvalue weighted by Gasteiger charge is 2.39. The van der Waals surface area contributed by atoms with E-state index in [0.29, 0.717) is 0 Å². The minimum absolute atomic E-state index is 0.243. The maximum absolute atomic E-state index is 12.0. The molecule has 2 N–H and O–H groups in total. The first-order valence-corrected chi connectivity index (χ1v) is 5.02. The Balaban J connectivity index is 4.09. The predicted molar refractivity (Wildman–Crippen MR) is 42.1 cm³/mol. The van der Waals surface area contributed by atoms with Crippen molar-refractivity contribution in [1.29, 1.82) is 0 Å². The minimum Gasteiger partial charge on any atom is -0.330 e. The molecule has 6 heteroatoms. The Hall–Kier alpha value is -0.100. The number of halogens is 3. The molecule has 2 unspecified atom stereocenters. The molecule has 12 heavy (non-hydrogen) atoms. The molecule has 2 nitrogen and oxygen atoms in total. The van der Waals surface area contributed by atoms with E-state index in [1.165, 1.54) is 0 Å². The lowest BCUT2D eigenvalue weighted by Gasteiger charge is -2.17. The first-order chi connectivity index (χ1) is 5.41. The van der Waals surface area contributed by atoms with Crippen molar-refractivity contribution < 1.29 is 17.4 Å². The minimum atomic E-state index is -4.32. The summed E-state index contributed by atoms with van der Waals surface area (Å²) in [5.41, 5.74) is 4.91. The number of alkyl halides is 3. The summed E-state index contributed by atoms with van der Waals surface area (Å²) in [6, 6.07) is 0. The van der Waals surface area contributed by atoms with E-state index in [4.69, 9.17) is 5.73 Å². The molecule has 0 rings (SSSR count). The maximum Gasteiger partial charge on any atom is 0.393 e. The highest BCUT2D eigenvalue weighted by molar-refractivity contribution is 7.84. The van der Waals surface area contributed by atoms with Gasteiger partial charge >= 0.3 is 6.18 Å². The number of rotatable bonds is 4. The van der Waals surface area contributed by atoms with Gasteiger partial charge in [0.2, 0.25) is 0 Å². The molecule has 0 aromatic rings. The lowest BCUT2D eigenvalue weighted by atomic mass is 10.2. The zero-order chi connectivity index (χ0) is 9.78. The average molecular weight is 203 g/mol. The van der Waals surface area contributed by atoms with Crippen molar-refractivity contribution in [1.82, 2.24) is 0 Å². The largest absolute Gasteiger partial charge is 0.393 e. The molecule has 0 bridgehead atoms. The molecule has 74 valence electrons. The monoisotopic (exact) mass is 203 g/mol. The molecule has 0 spiro atoms. The van der Waals surface area contributed by atoms with Crippen LogP contribution in [0.2, 0.25) is 0 Å². The van der Waals surface area contributed by atoms with Crippen molar-refractivity contribution >= 4 is 10.8 Å². The third-order valence-electron chi connectivity index (χ3n) is 1.46. The Kier molecular flexibility index (Phi) is 4.77. The quantitative estimate of drug-likeness (QED) is 0.737. The normalized spacial score (nSPS) is 17.4. The Morgan fingerprint density at radius 3 is 2.25 bits per heavy atom. The molecule has 0 aliphatic heterocycles. The molecular formula is C6H12F3NOS. The summed E-state index contributed by atoms with van der Waals surface area (Å²) in [7, 11) is -1.40. The van der Waals surface area contributed by atoms with E-state index >= 15 is 0 Å². The van der Waals surface area contributed by atoms with Crippen LogP contribution in [0.25, 0.3) is 0 Å². The summed E-state index contributed by atoms with van der Waals surface area (Å²) in [4.78, 5) is 0. The third-order valence-corrected chi connectivity index (χ3v) is 2.87. The first-order valence-electron chi connectivity index (χ1n) is 3.53. The zero-order valence-electron chi connectivity index (χ0n) is 6.73. The first kappa shape index (κ1) is 11.9. The number of nitrogens with two attached hydrogens (primary N) is 1. The Bertz CT molecular complexity index is 159. The van der Waals surface area contributed by atoms with Gasteiger partial charge in [-0.15, -0.1) is 0 Å². The van der Waals surface area contributed by atoms with Crippen LogP contribution in [0.15, 0.2) is 0 Å². The Morgan fingerprint density at radius 1 is 1.50 bits per heavy atom. The molecule has 0 fully saturated rings. The Labute approximate surface area is 71.8 Å². The molecule has 0 aliphatic carbocycles. The van der Waals surface area contributed by atoms with Crippen molar-refractivity contribution in [2.45, 2.75) is 13.1 Å². The molecule has 0 saturated carbocycles. The van der Waals surface area contributed by atoms with E-state index in [-0.39, 0.29) is 11.5 Å². The van der Waals surface area contributed by atoms with Gasteiger partial charge < -0.3 is 5.73 Å². The molecule has 2 atom stereocenters. The zero-order valence-corrected chi connectivity index (χ0v) is 7.54. The van der Waals surface area contributed by atoms with E-state index in [1.807, 2.05) is 0 Å². The summed E-state index contributed by atoms with van der Waals surface area (Å²) in [6.07, 6.45) is -4.32.